The standard InChI is InChI=1S/C21H24N2O6S/c1-21(20(25)22-26,30(2,27)28)12-18-11-19(23-29-18)16-8-6-15(7-9-16)17-5-3-4-14(10-17)13-24/h3-10,18,24,26H,11-13H2,1-2H3,(H,22,25)/t18-,21?/m1/s1. The summed E-state index contributed by atoms with van der Waals surface area (Å²) in [6.07, 6.45) is 0.530. The fourth-order valence-electron chi connectivity index (χ4n) is 3.38. The van der Waals surface area contributed by atoms with Crippen LogP contribution in [0, 0.1) is 0 Å². The van der Waals surface area contributed by atoms with Crippen molar-refractivity contribution in [3.63, 3.8) is 0 Å². The van der Waals surface area contributed by atoms with Crippen LogP contribution < -0.4 is 5.48 Å². The molecule has 2 atom stereocenters. The van der Waals surface area contributed by atoms with Crippen LogP contribution in [0.2, 0.25) is 0 Å². The van der Waals surface area contributed by atoms with Gasteiger partial charge in [0.1, 0.15) is 6.10 Å². The topological polar surface area (TPSA) is 125 Å². The monoisotopic (exact) mass is 432 g/mol. The number of amides is 1. The Labute approximate surface area is 175 Å². The normalized spacial score (nSPS) is 18.3. The third-order valence-corrected chi connectivity index (χ3v) is 7.40. The predicted octanol–water partition coefficient (Wildman–Crippen LogP) is 2.04. The lowest BCUT2D eigenvalue weighted by Gasteiger charge is -2.26. The number of nitrogens with zero attached hydrogens (tertiary/aromatic N) is 1. The average molecular weight is 432 g/mol. The maximum absolute atomic E-state index is 12.1. The molecular formula is C21H24N2O6S. The lowest BCUT2D eigenvalue weighted by Crippen LogP contribution is -2.51. The number of sulfone groups is 1. The van der Waals surface area contributed by atoms with Gasteiger partial charge in [-0.2, -0.15) is 0 Å². The summed E-state index contributed by atoms with van der Waals surface area (Å²) in [6, 6.07) is 15.3. The molecule has 30 heavy (non-hydrogen) atoms. The van der Waals surface area contributed by atoms with Gasteiger partial charge in [0.2, 0.25) is 0 Å². The minimum absolute atomic E-state index is 0.0256. The molecule has 0 bridgehead atoms. The highest BCUT2D eigenvalue weighted by Gasteiger charge is 2.47. The molecule has 2 aromatic rings. The van der Waals surface area contributed by atoms with Crippen molar-refractivity contribution in [2.45, 2.75) is 37.2 Å². The molecule has 0 saturated carbocycles. The van der Waals surface area contributed by atoms with Crippen molar-refractivity contribution in [3.8, 4) is 11.1 Å². The van der Waals surface area contributed by atoms with Crippen molar-refractivity contribution in [1.82, 2.24) is 5.48 Å². The number of hydrogen-bond acceptors (Lipinski definition) is 7. The summed E-state index contributed by atoms with van der Waals surface area (Å²) in [4.78, 5) is 17.4. The Hall–Kier alpha value is -2.75. The largest absolute Gasteiger partial charge is 0.392 e. The molecule has 0 aliphatic carbocycles. The Morgan fingerprint density at radius 1 is 1.20 bits per heavy atom. The Kier molecular flexibility index (Phi) is 6.25. The van der Waals surface area contributed by atoms with Gasteiger partial charge in [0, 0.05) is 19.1 Å². The first kappa shape index (κ1) is 21.9. The number of aliphatic hydroxyl groups excluding tert-OH is 1. The van der Waals surface area contributed by atoms with Gasteiger partial charge in [-0.05, 0) is 35.2 Å². The summed E-state index contributed by atoms with van der Waals surface area (Å²) < 4.78 is 22.4. The van der Waals surface area contributed by atoms with E-state index in [1.54, 1.807) is 0 Å². The summed E-state index contributed by atoms with van der Waals surface area (Å²) in [5, 5.41) is 22.3. The summed E-state index contributed by atoms with van der Waals surface area (Å²) >= 11 is 0. The average Bonchev–Trinajstić information content (AvgIpc) is 3.20. The fourth-order valence-corrected chi connectivity index (χ4v) is 4.25. The molecular weight excluding hydrogens is 408 g/mol. The van der Waals surface area contributed by atoms with E-state index in [-0.39, 0.29) is 13.0 Å². The number of carbonyl (C=O) groups excluding carboxylic acids is 1. The molecule has 1 aliphatic heterocycles. The van der Waals surface area contributed by atoms with Gasteiger partial charge in [0.15, 0.2) is 14.6 Å². The summed E-state index contributed by atoms with van der Waals surface area (Å²) in [5.74, 6) is -1.00. The lowest BCUT2D eigenvalue weighted by atomic mass is 9.95. The number of hydrogen-bond donors (Lipinski definition) is 3. The molecule has 0 saturated heterocycles. The van der Waals surface area contributed by atoms with E-state index in [1.165, 1.54) is 12.4 Å². The van der Waals surface area contributed by atoms with Gasteiger partial charge in [0.05, 0.1) is 12.3 Å². The van der Waals surface area contributed by atoms with Gasteiger partial charge >= 0.3 is 0 Å². The van der Waals surface area contributed by atoms with E-state index in [9.17, 15) is 18.3 Å². The second-order valence-electron chi connectivity index (χ2n) is 7.55. The van der Waals surface area contributed by atoms with E-state index < -0.39 is 26.6 Å². The van der Waals surface area contributed by atoms with Crippen LogP contribution in [0.4, 0.5) is 0 Å². The number of rotatable bonds is 7. The minimum Gasteiger partial charge on any atom is -0.392 e. The van der Waals surface area contributed by atoms with Crippen molar-refractivity contribution in [2.75, 3.05) is 6.26 Å². The summed E-state index contributed by atoms with van der Waals surface area (Å²) in [5.41, 5.74) is 5.70. The maximum atomic E-state index is 12.1. The molecule has 8 nitrogen and oxygen atoms in total. The number of oxime groups is 1. The Balaban J connectivity index is 1.73. The molecule has 1 unspecified atom stereocenters. The van der Waals surface area contributed by atoms with E-state index >= 15 is 0 Å². The van der Waals surface area contributed by atoms with Crippen molar-refractivity contribution in [3.05, 3.63) is 59.7 Å². The highest BCUT2D eigenvalue weighted by molar-refractivity contribution is 7.92. The molecule has 0 spiro atoms. The predicted molar refractivity (Wildman–Crippen MR) is 112 cm³/mol. The van der Waals surface area contributed by atoms with Crippen LogP contribution >= 0.6 is 0 Å². The Morgan fingerprint density at radius 2 is 1.87 bits per heavy atom. The third kappa shape index (κ3) is 4.38. The lowest BCUT2D eigenvalue weighted by molar-refractivity contribution is -0.132. The molecule has 3 N–H and O–H groups in total. The molecule has 2 aromatic carbocycles. The third-order valence-electron chi connectivity index (χ3n) is 5.41. The van der Waals surface area contributed by atoms with Crippen molar-refractivity contribution >= 4 is 21.5 Å². The number of carbonyl (C=O) groups is 1. The van der Waals surface area contributed by atoms with E-state index in [0.717, 1.165) is 28.5 Å². The summed E-state index contributed by atoms with van der Waals surface area (Å²) in [7, 11) is -3.81. The smallest absolute Gasteiger partial charge is 0.264 e. The zero-order valence-corrected chi connectivity index (χ0v) is 17.5. The molecule has 0 radical (unpaired) electrons. The van der Waals surface area contributed by atoms with Crippen LogP contribution in [0.3, 0.4) is 0 Å². The van der Waals surface area contributed by atoms with Crippen LogP contribution in [0.15, 0.2) is 53.7 Å². The van der Waals surface area contributed by atoms with Gasteiger partial charge in [-0.3, -0.25) is 10.0 Å². The van der Waals surface area contributed by atoms with Crippen LogP contribution in [0.1, 0.15) is 30.9 Å². The first-order chi connectivity index (χ1) is 14.2. The van der Waals surface area contributed by atoms with E-state index in [0.29, 0.717) is 12.1 Å². The van der Waals surface area contributed by atoms with Gasteiger partial charge in [-0.15, -0.1) is 0 Å². The van der Waals surface area contributed by atoms with E-state index in [2.05, 4.69) is 5.16 Å². The van der Waals surface area contributed by atoms with Crippen LogP contribution in [0.25, 0.3) is 11.1 Å². The first-order valence-corrected chi connectivity index (χ1v) is 11.2. The van der Waals surface area contributed by atoms with E-state index in [1.807, 2.05) is 48.5 Å². The molecule has 3 rings (SSSR count). The number of nitrogens with one attached hydrogen (secondary N) is 1. The Bertz CT molecular complexity index is 1070. The second-order valence-corrected chi connectivity index (χ2v) is 10.00. The van der Waals surface area contributed by atoms with Gasteiger partial charge in [-0.25, -0.2) is 13.9 Å². The fraction of sp³-hybridized carbons (Fsp3) is 0.333. The van der Waals surface area contributed by atoms with Crippen molar-refractivity contribution < 1.29 is 28.4 Å². The zero-order valence-electron chi connectivity index (χ0n) is 16.7. The van der Waals surface area contributed by atoms with Crippen LogP contribution in [0.5, 0.6) is 0 Å². The molecule has 1 heterocycles. The van der Waals surface area contributed by atoms with Gasteiger partial charge in [-0.1, -0.05) is 47.6 Å². The highest BCUT2D eigenvalue weighted by Crippen LogP contribution is 2.30. The molecule has 9 heteroatoms. The number of hydroxylamine groups is 1. The highest BCUT2D eigenvalue weighted by atomic mass is 32.2. The zero-order chi connectivity index (χ0) is 21.9. The van der Waals surface area contributed by atoms with Crippen molar-refractivity contribution in [2.24, 2.45) is 5.16 Å². The molecule has 0 fully saturated rings. The Morgan fingerprint density at radius 3 is 2.47 bits per heavy atom. The van der Waals surface area contributed by atoms with Crippen molar-refractivity contribution in [1.29, 1.82) is 0 Å². The van der Waals surface area contributed by atoms with Crippen LogP contribution in [-0.4, -0.2) is 47.5 Å². The first-order valence-electron chi connectivity index (χ1n) is 9.35. The molecule has 160 valence electrons. The molecule has 1 amide bonds. The summed E-state index contributed by atoms with van der Waals surface area (Å²) in [6.45, 7) is 1.23. The quantitative estimate of drug-likeness (QED) is 0.454. The van der Waals surface area contributed by atoms with Gasteiger partial charge < -0.3 is 9.94 Å². The molecule has 0 aromatic heterocycles. The SMILES string of the molecule is CC(C[C@H]1CC(c2ccc(-c3cccc(CO)c3)cc2)=NO1)(C(=O)NO)S(C)(=O)=O. The molecule has 1 aliphatic rings. The van der Waals surface area contributed by atoms with E-state index in [4.69, 9.17) is 10.0 Å². The minimum atomic E-state index is -3.81. The second kappa shape index (κ2) is 8.55. The maximum Gasteiger partial charge on any atom is 0.264 e. The number of benzene rings is 2. The van der Waals surface area contributed by atoms with Crippen LogP contribution in [-0.2, 0) is 26.1 Å². The van der Waals surface area contributed by atoms with Gasteiger partial charge in [0.25, 0.3) is 5.91 Å². The number of aliphatic hydroxyl groups is 1.